The van der Waals surface area contributed by atoms with E-state index in [0.29, 0.717) is 5.92 Å². The summed E-state index contributed by atoms with van der Waals surface area (Å²) < 4.78 is 3.34. The minimum atomic E-state index is -0.0202. The molecule has 3 aromatic carbocycles. The zero-order valence-electron chi connectivity index (χ0n) is 32.2. The maximum atomic E-state index is 3.85. The Labute approximate surface area is 327 Å². The molecule has 4 aliphatic rings. The Kier molecular flexibility index (Phi) is 15.6. The molecule has 4 aliphatic carbocycles. The number of allylic oxidation sites excluding steroid dienone is 8. The van der Waals surface area contributed by atoms with Gasteiger partial charge >= 0.3 is 28.4 Å². The second-order valence-electron chi connectivity index (χ2n) is 16.3. The van der Waals surface area contributed by atoms with Crippen molar-refractivity contribution in [2.45, 2.75) is 100 Å². The van der Waals surface area contributed by atoms with Gasteiger partial charge in [-0.25, -0.2) is 17.2 Å². The van der Waals surface area contributed by atoms with Gasteiger partial charge in [-0.15, -0.1) is 43.4 Å². The summed E-state index contributed by atoms with van der Waals surface area (Å²) in [4.78, 5) is 0. The van der Waals surface area contributed by atoms with E-state index in [-0.39, 0.29) is 53.9 Å². The van der Waals surface area contributed by atoms with Crippen LogP contribution in [0.15, 0.2) is 78.4 Å². The predicted octanol–water partition coefficient (Wildman–Crippen LogP) is 13.2. The molecule has 3 aromatic rings. The van der Waals surface area contributed by atoms with Crippen molar-refractivity contribution in [3.8, 4) is 11.1 Å². The Hall–Kier alpha value is -2.05. The molecule has 1 unspecified atom stereocenters. The Morgan fingerprint density at radius 3 is 1.67 bits per heavy atom. The Morgan fingerprint density at radius 2 is 1.29 bits per heavy atom. The molecular formula is C46H58Cl2Zr-4. The first-order chi connectivity index (χ1) is 21.4. The molecule has 0 aliphatic heterocycles. The van der Waals surface area contributed by atoms with Crippen LogP contribution < -0.4 is 0 Å². The number of hydrogen-bond acceptors (Lipinski definition) is 0. The maximum absolute atomic E-state index is 3.85. The molecule has 0 fully saturated rings. The molecule has 0 bridgehead atoms. The average molecular weight is 773 g/mol. The van der Waals surface area contributed by atoms with Crippen molar-refractivity contribution in [1.82, 2.24) is 0 Å². The van der Waals surface area contributed by atoms with E-state index in [1.54, 1.807) is 0 Å². The van der Waals surface area contributed by atoms with Gasteiger partial charge < -0.3 is 7.43 Å². The van der Waals surface area contributed by atoms with Crippen molar-refractivity contribution in [3.05, 3.63) is 137 Å². The Balaban J connectivity index is 0.000000557. The molecule has 0 nitrogen and oxygen atoms in total. The van der Waals surface area contributed by atoms with Crippen LogP contribution in [-0.4, -0.2) is 4.21 Å². The maximum Gasteiger partial charge on any atom is -0.171 e. The molecular weight excluding hydrogens is 715 g/mol. The van der Waals surface area contributed by atoms with Crippen LogP contribution in [0.1, 0.15) is 116 Å². The van der Waals surface area contributed by atoms with E-state index in [0.717, 1.165) is 6.42 Å². The first kappa shape index (κ1) is 45.0. The standard InChI is InChI=1S/C31H37.C7H9.C6H5.CH3.CH2.2ClH.Zr/c1-28(2,3)26-16-30(7,8)24-12-18-11-19-13-25-23(15-21(19)20(18)14-22(24)26)27(29(4,5)6)17-31(25,9)10;1-6-3-4-7(2)5-6;1-2-4-6-5-3-1;;;;;/h12-16H,11H2,1-10H3;3,5,7H,1-2H3;1-5H;1H3;1H2;2*1H;/q4*-1;;;;. The second kappa shape index (κ2) is 17.0. The smallest absolute Gasteiger partial charge is 0.171 e. The predicted molar refractivity (Wildman–Crippen MR) is 218 cm³/mol. The van der Waals surface area contributed by atoms with Gasteiger partial charge in [0.2, 0.25) is 0 Å². The monoisotopic (exact) mass is 770 g/mol. The van der Waals surface area contributed by atoms with Gasteiger partial charge in [-0.2, -0.15) is 48.0 Å². The summed E-state index contributed by atoms with van der Waals surface area (Å²) in [5, 5.41) is 0. The van der Waals surface area contributed by atoms with Crippen molar-refractivity contribution in [2.24, 2.45) is 16.7 Å². The summed E-state index contributed by atoms with van der Waals surface area (Å²) in [6.07, 6.45) is 14.8. The van der Waals surface area contributed by atoms with E-state index in [2.05, 4.69) is 142 Å². The zero-order valence-corrected chi connectivity index (χ0v) is 36.3. The molecule has 0 spiro atoms. The summed E-state index contributed by atoms with van der Waals surface area (Å²) >= 11 is 1.30. The molecule has 0 saturated heterocycles. The minimum Gasteiger partial charge on any atom is -0.358 e. The van der Waals surface area contributed by atoms with Crippen LogP contribution in [0.2, 0.25) is 0 Å². The topological polar surface area (TPSA) is 0 Å². The third-order valence-corrected chi connectivity index (χ3v) is 9.28. The average Bonchev–Trinajstić information content (AvgIpc) is 3.69. The molecule has 0 N–H and O–H groups in total. The van der Waals surface area contributed by atoms with Gasteiger partial charge in [-0.3, -0.25) is 12.2 Å². The molecule has 49 heavy (non-hydrogen) atoms. The van der Waals surface area contributed by atoms with Crippen LogP contribution in [0.4, 0.5) is 0 Å². The van der Waals surface area contributed by atoms with Crippen molar-refractivity contribution in [3.63, 3.8) is 0 Å². The number of hydrogen-bond donors (Lipinski definition) is 0. The van der Waals surface area contributed by atoms with E-state index in [4.69, 9.17) is 0 Å². The van der Waals surface area contributed by atoms with Crippen molar-refractivity contribution in [1.29, 1.82) is 0 Å². The first-order valence-electron chi connectivity index (χ1n) is 16.7. The fourth-order valence-electron chi connectivity index (χ4n) is 7.04. The number of benzene rings is 3. The molecule has 0 heterocycles. The molecule has 264 valence electrons. The van der Waals surface area contributed by atoms with Gasteiger partial charge in [0.05, 0.1) is 0 Å². The van der Waals surface area contributed by atoms with Gasteiger partial charge in [-0.1, -0.05) is 106 Å². The summed E-state index contributed by atoms with van der Waals surface area (Å²) in [7, 11) is 0. The van der Waals surface area contributed by atoms with Crippen LogP contribution in [0.3, 0.4) is 0 Å². The fraction of sp³-hybridized carbons (Fsp3) is 0.391. The van der Waals surface area contributed by atoms with E-state index in [1.165, 1.54) is 85.5 Å². The summed E-state index contributed by atoms with van der Waals surface area (Å²) in [6, 6.07) is 22.5. The van der Waals surface area contributed by atoms with Crippen molar-refractivity contribution >= 4 is 40.2 Å². The van der Waals surface area contributed by atoms with Gasteiger partial charge in [0.25, 0.3) is 0 Å². The molecule has 0 radical (unpaired) electrons. The van der Waals surface area contributed by atoms with Gasteiger partial charge in [-0.05, 0) is 62.3 Å². The van der Waals surface area contributed by atoms with Crippen molar-refractivity contribution in [2.75, 3.05) is 0 Å². The molecule has 7 rings (SSSR count). The third-order valence-electron chi connectivity index (χ3n) is 9.28. The van der Waals surface area contributed by atoms with Crippen LogP contribution >= 0.6 is 24.8 Å². The third kappa shape index (κ3) is 9.85. The Bertz CT molecular complexity index is 1600. The fourth-order valence-corrected chi connectivity index (χ4v) is 7.04. The van der Waals surface area contributed by atoms with Crippen LogP contribution in [0.5, 0.6) is 0 Å². The molecule has 0 saturated carbocycles. The molecule has 3 heteroatoms. The van der Waals surface area contributed by atoms with Crippen LogP contribution in [-0.2, 0) is 41.5 Å². The van der Waals surface area contributed by atoms with E-state index >= 15 is 0 Å². The Morgan fingerprint density at radius 1 is 0.755 bits per heavy atom. The zero-order chi connectivity index (χ0) is 34.2. The van der Waals surface area contributed by atoms with Crippen molar-refractivity contribution < 1.29 is 24.2 Å². The number of rotatable bonds is 0. The summed E-state index contributed by atoms with van der Waals surface area (Å²) in [6.45, 7) is 27.6. The van der Waals surface area contributed by atoms with Gasteiger partial charge in [0.1, 0.15) is 0 Å². The van der Waals surface area contributed by atoms with E-state index in [9.17, 15) is 0 Å². The first-order valence-corrected chi connectivity index (χ1v) is 18.4. The van der Waals surface area contributed by atoms with E-state index < -0.39 is 0 Å². The van der Waals surface area contributed by atoms with Gasteiger partial charge in [0.15, 0.2) is 0 Å². The normalized spacial score (nSPS) is 17.8. The second-order valence-corrected chi connectivity index (χ2v) is 16.3. The number of halogens is 2. The summed E-state index contributed by atoms with van der Waals surface area (Å²) in [5.41, 5.74) is 16.2. The quantitative estimate of drug-likeness (QED) is 0.156. The SMILES string of the molecule is CC(C)(C)C1=[C-]C(C)(C)c2cc3c(cc21)-c1cc2c(cc1C3)C(C)(C)C=C2C(C)(C)C.CC1=CC(C)[C-]=C1.Cl.Cl.[CH2]=[Zr].[CH3-].[c-]1ccccc1. The summed E-state index contributed by atoms with van der Waals surface area (Å²) in [5.74, 6) is 0.556. The molecule has 0 amide bonds. The molecule has 0 aromatic heterocycles. The molecule has 1 atom stereocenters. The minimum absolute atomic E-state index is 0. The number of fused-ring (bicyclic) bond motifs is 5. The van der Waals surface area contributed by atoms with Gasteiger partial charge in [0, 0.05) is 5.41 Å². The van der Waals surface area contributed by atoms with Crippen LogP contribution in [0.25, 0.3) is 22.3 Å². The van der Waals surface area contributed by atoms with Crippen LogP contribution in [0, 0.1) is 42.4 Å². The largest absolute Gasteiger partial charge is 0.358 e. The van der Waals surface area contributed by atoms with E-state index in [1.807, 2.05) is 36.4 Å².